The van der Waals surface area contributed by atoms with Gasteiger partial charge in [0.15, 0.2) is 14.3 Å². The number of nitrogens with zero attached hydrogens (tertiary/aromatic N) is 2. The minimum atomic E-state index is -3.21. The van der Waals surface area contributed by atoms with Crippen molar-refractivity contribution < 1.29 is 9.13 Å². The lowest BCUT2D eigenvalue weighted by atomic mass is 10.0. The highest BCUT2D eigenvalue weighted by atomic mass is 31.2. The smallest absolute Gasteiger partial charge is 0.174 e. The summed E-state index contributed by atoms with van der Waals surface area (Å²) in [4.78, 5) is 8.93. The zero-order chi connectivity index (χ0) is 21.2. The Balaban J connectivity index is 1.76. The molecule has 0 aliphatic carbocycles. The van der Waals surface area contributed by atoms with E-state index in [9.17, 15) is 0 Å². The van der Waals surface area contributed by atoms with E-state index in [-0.39, 0.29) is 6.04 Å². The first-order valence-electron chi connectivity index (χ1n) is 10.3. The zero-order valence-corrected chi connectivity index (χ0v) is 18.8. The first-order chi connectivity index (χ1) is 15.1. The minimum Gasteiger partial charge on any atom is -0.309 e. The average Bonchev–Trinajstić information content (AvgIpc) is 3.25. The molecule has 1 aromatic heterocycles. The van der Waals surface area contributed by atoms with Crippen LogP contribution in [0.4, 0.5) is 0 Å². The van der Waals surface area contributed by atoms with Crippen molar-refractivity contribution in [2.75, 3.05) is 0 Å². The van der Waals surface area contributed by atoms with Crippen LogP contribution in [-0.2, 0) is 9.13 Å². The van der Waals surface area contributed by atoms with Crippen LogP contribution in [0.2, 0.25) is 0 Å². The summed E-state index contributed by atoms with van der Waals surface area (Å²) in [6.07, 6.45) is 5.83. The molecule has 3 aliphatic rings. The molecule has 0 fully saturated rings. The lowest BCUT2D eigenvalue weighted by molar-refractivity contribution is 0.590. The molecule has 3 unspecified atom stereocenters. The Morgan fingerprint density at radius 3 is 2.16 bits per heavy atom. The summed E-state index contributed by atoms with van der Waals surface area (Å²) in [5, 5.41) is 4.47. The predicted octanol–water partition coefficient (Wildman–Crippen LogP) is 4.90. The van der Waals surface area contributed by atoms with Gasteiger partial charge in [-0.3, -0.25) is 9.98 Å². The maximum absolute atomic E-state index is 15.0. The van der Waals surface area contributed by atoms with Crippen molar-refractivity contribution in [3.05, 3.63) is 101 Å². The number of benzene rings is 2. The van der Waals surface area contributed by atoms with E-state index in [0.29, 0.717) is 11.7 Å². The SMILES string of the molecule is CC1CC2=C(C=N1)P(=O)(c1ccccc1)C1=C2P(=O)(c2ccccc2)c2cnccc21. The number of aliphatic imine (C=N–C) groups is 1. The van der Waals surface area contributed by atoms with E-state index in [2.05, 4.69) is 9.98 Å². The number of fused-ring (bicyclic) bond motifs is 3. The van der Waals surface area contributed by atoms with Crippen molar-refractivity contribution in [2.24, 2.45) is 4.99 Å². The minimum absolute atomic E-state index is 0.0564. The number of dihydropyridines is 1. The van der Waals surface area contributed by atoms with Crippen LogP contribution in [0.1, 0.15) is 18.9 Å². The van der Waals surface area contributed by atoms with Crippen LogP contribution in [0.5, 0.6) is 0 Å². The Morgan fingerprint density at radius 2 is 1.48 bits per heavy atom. The third-order valence-corrected chi connectivity index (χ3v) is 12.9. The second kappa shape index (κ2) is 6.60. The summed E-state index contributed by atoms with van der Waals surface area (Å²) in [5.41, 5.74) is 1.76. The van der Waals surface area contributed by atoms with Gasteiger partial charge in [-0.15, -0.1) is 0 Å². The molecule has 6 rings (SSSR count). The highest BCUT2D eigenvalue weighted by Gasteiger charge is 2.56. The first-order valence-corrected chi connectivity index (χ1v) is 13.8. The molecule has 0 saturated heterocycles. The van der Waals surface area contributed by atoms with Crippen LogP contribution in [0.25, 0.3) is 5.31 Å². The molecule has 0 bridgehead atoms. The van der Waals surface area contributed by atoms with E-state index in [0.717, 1.165) is 37.7 Å². The second-order valence-electron chi connectivity index (χ2n) is 8.17. The van der Waals surface area contributed by atoms with Gasteiger partial charge in [-0.1, -0.05) is 60.7 Å². The molecular formula is C25H20N2O2P2. The highest BCUT2D eigenvalue weighted by Crippen LogP contribution is 2.80. The van der Waals surface area contributed by atoms with Crippen LogP contribution in [-0.4, -0.2) is 17.2 Å². The molecule has 4 heterocycles. The molecule has 0 amide bonds. The summed E-state index contributed by atoms with van der Waals surface area (Å²) in [5.74, 6) is 0. The van der Waals surface area contributed by atoms with Gasteiger partial charge in [-0.05, 0) is 25.0 Å². The van der Waals surface area contributed by atoms with E-state index in [4.69, 9.17) is 0 Å². The van der Waals surface area contributed by atoms with Gasteiger partial charge in [0.05, 0.1) is 6.04 Å². The van der Waals surface area contributed by atoms with E-state index in [1.165, 1.54) is 0 Å². The number of hydrogen-bond acceptors (Lipinski definition) is 4. The van der Waals surface area contributed by atoms with Crippen molar-refractivity contribution >= 4 is 41.7 Å². The van der Waals surface area contributed by atoms with Crippen molar-refractivity contribution in [3.63, 3.8) is 0 Å². The van der Waals surface area contributed by atoms with E-state index >= 15 is 9.13 Å². The summed E-state index contributed by atoms with van der Waals surface area (Å²) >= 11 is 0. The molecule has 3 atom stereocenters. The van der Waals surface area contributed by atoms with Crippen molar-refractivity contribution in [3.8, 4) is 0 Å². The van der Waals surface area contributed by atoms with Crippen LogP contribution < -0.4 is 15.9 Å². The third kappa shape index (κ3) is 2.38. The summed E-state index contributed by atoms with van der Waals surface area (Å²) in [7, 11) is -6.41. The summed E-state index contributed by atoms with van der Waals surface area (Å²) in [6, 6.07) is 21.1. The third-order valence-electron chi connectivity index (χ3n) is 6.37. The molecular weight excluding hydrogens is 422 g/mol. The first kappa shape index (κ1) is 18.9. The predicted molar refractivity (Wildman–Crippen MR) is 128 cm³/mol. The molecule has 0 saturated carbocycles. The fourth-order valence-electron chi connectivity index (χ4n) is 5.04. The number of aromatic nitrogens is 1. The molecule has 3 aliphatic heterocycles. The van der Waals surface area contributed by atoms with Crippen LogP contribution in [0.3, 0.4) is 0 Å². The Bertz CT molecular complexity index is 1420. The van der Waals surface area contributed by atoms with Gasteiger partial charge in [0.2, 0.25) is 0 Å². The van der Waals surface area contributed by atoms with Gasteiger partial charge in [-0.2, -0.15) is 0 Å². The number of pyridine rings is 1. The van der Waals surface area contributed by atoms with E-state index in [1.807, 2.05) is 73.7 Å². The van der Waals surface area contributed by atoms with E-state index in [1.54, 1.807) is 18.6 Å². The number of allylic oxidation sites excluding steroid dienone is 2. The normalized spacial score (nSPS) is 28.5. The van der Waals surface area contributed by atoms with Gasteiger partial charge in [0.25, 0.3) is 0 Å². The quantitative estimate of drug-likeness (QED) is 0.531. The van der Waals surface area contributed by atoms with Crippen molar-refractivity contribution in [2.45, 2.75) is 19.4 Å². The van der Waals surface area contributed by atoms with E-state index < -0.39 is 14.3 Å². The number of hydrogen-bond donors (Lipinski definition) is 0. The topological polar surface area (TPSA) is 59.4 Å². The van der Waals surface area contributed by atoms with Gasteiger partial charge < -0.3 is 9.13 Å². The lowest BCUT2D eigenvalue weighted by Crippen LogP contribution is -2.20. The molecule has 0 N–H and O–H groups in total. The zero-order valence-electron chi connectivity index (χ0n) is 17.0. The molecule has 0 spiro atoms. The Hall–Kier alpha value is -2.80. The monoisotopic (exact) mass is 442 g/mol. The molecule has 2 aromatic carbocycles. The molecule has 31 heavy (non-hydrogen) atoms. The van der Waals surface area contributed by atoms with Gasteiger partial charge in [0.1, 0.15) is 0 Å². The fourth-order valence-corrected chi connectivity index (χ4v) is 12.3. The Kier molecular flexibility index (Phi) is 4.03. The molecule has 4 nitrogen and oxygen atoms in total. The highest BCUT2D eigenvalue weighted by molar-refractivity contribution is 7.91. The van der Waals surface area contributed by atoms with Crippen molar-refractivity contribution in [1.82, 2.24) is 4.98 Å². The average molecular weight is 442 g/mol. The Morgan fingerprint density at radius 1 is 0.839 bits per heavy atom. The second-order valence-corrected chi connectivity index (χ2v) is 13.5. The molecule has 152 valence electrons. The fraction of sp³-hybridized carbons (Fsp3) is 0.120. The molecule has 6 heteroatoms. The van der Waals surface area contributed by atoms with Crippen LogP contribution in [0, 0.1) is 0 Å². The van der Waals surface area contributed by atoms with Gasteiger partial charge in [-0.25, -0.2) is 0 Å². The van der Waals surface area contributed by atoms with Crippen molar-refractivity contribution in [1.29, 1.82) is 0 Å². The molecule has 0 radical (unpaired) electrons. The van der Waals surface area contributed by atoms with Gasteiger partial charge in [0, 0.05) is 56.0 Å². The number of rotatable bonds is 2. The summed E-state index contributed by atoms with van der Waals surface area (Å²) in [6.45, 7) is 2.05. The lowest BCUT2D eigenvalue weighted by Gasteiger charge is -2.25. The molecule has 3 aromatic rings. The van der Waals surface area contributed by atoms with Crippen LogP contribution >= 0.6 is 14.3 Å². The van der Waals surface area contributed by atoms with Crippen LogP contribution in [0.15, 0.2) is 100 Å². The maximum atomic E-state index is 15.0. The largest absolute Gasteiger partial charge is 0.309 e. The Labute approximate surface area is 181 Å². The maximum Gasteiger partial charge on any atom is 0.174 e. The summed E-state index contributed by atoms with van der Waals surface area (Å²) < 4.78 is 30.1. The van der Waals surface area contributed by atoms with Gasteiger partial charge >= 0.3 is 0 Å². The standard InChI is InChI=1S/C25H20N2O2P2/c1-17-14-21-23(16-27-17)31(29,19-10-6-3-7-11-19)24-20-12-13-26-15-22(20)30(28,25(21)24)18-8-4-2-5-9-18/h2-13,15-17H,14H2,1H3.